The number of hydrogen-bond acceptors (Lipinski definition) is 7. The SMILES string of the molecule is COc1cc(NS(=O)(=O)N2CCCCC2C)cc(OC)c1OC.O=CNCCCc1cccnc1. The number of piperidine rings is 1. The molecule has 0 bridgehead atoms. The predicted octanol–water partition coefficient (Wildman–Crippen LogP) is 3.00. The molecule has 1 unspecified atom stereocenters. The Labute approximate surface area is 208 Å². The summed E-state index contributed by atoms with van der Waals surface area (Å²) in [5.74, 6) is 1.22. The minimum Gasteiger partial charge on any atom is -0.493 e. The van der Waals surface area contributed by atoms with Crippen LogP contribution in [0.3, 0.4) is 0 Å². The zero-order chi connectivity index (χ0) is 25.7. The van der Waals surface area contributed by atoms with E-state index < -0.39 is 10.2 Å². The number of anilines is 1. The van der Waals surface area contributed by atoms with Gasteiger partial charge in [0.05, 0.1) is 27.0 Å². The predicted molar refractivity (Wildman–Crippen MR) is 135 cm³/mol. The molecule has 0 spiro atoms. The molecule has 1 aromatic heterocycles. The van der Waals surface area contributed by atoms with Gasteiger partial charge in [-0.3, -0.25) is 14.5 Å². The van der Waals surface area contributed by atoms with Crippen molar-refractivity contribution >= 4 is 22.3 Å². The largest absolute Gasteiger partial charge is 0.493 e. The van der Waals surface area contributed by atoms with E-state index in [0.717, 1.165) is 45.1 Å². The van der Waals surface area contributed by atoms with E-state index in [1.807, 2.05) is 25.3 Å². The van der Waals surface area contributed by atoms with Crippen molar-refractivity contribution in [2.24, 2.45) is 0 Å². The lowest BCUT2D eigenvalue weighted by Crippen LogP contribution is -2.44. The van der Waals surface area contributed by atoms with E-state index in [-0.39, 0.29) is 6.04 Å². The number of nitrogens with one attached hydrogen (secondary N) is 2. The number of ether oxygens (including phenoxy) is 3. The van der Waals surface area contributed by atoms with Crippen LogP contribution in [-0.2, 0) is 21.4 Å². The molecule has 11 heteroatoms. The first kappa shape index (κ1) is 28.2. The molecule has 2 N–H and O–H groups in total. The van der Waals surface area contributed by atoms with Crippen LogP contribution in [0.1, 0.15) is 38.2 Å². The second kappa shape index (κ2) is 14.4. The van der Waals surface area contributed by atoms with Crippen LogP contribution in [0.4, 0.5) is 5.69 Å². The molecule has 3 rings (SSSR count). The van der Waals surface area contributed by atoms with E-state index in [4.69, 9.17) is 14.2 Å². The second-order valence-electron chi connectivity index (χ2n) is 8.01. The van der Waals surface area contributed by atoms with Crippen LogP contribution >= 0.6 is 0 Å². The van der Waals surface area contributed by atoms with Crippen LogP contribution in [0.2, 0.25) is 0 Å². The van der Waals surface area contributed by atoms with E-state index in [1.165, 1.54) is 31.2 Å². The average molecular weight is 509 g/mol. The lowest BCUT2D eigenvalue weighted by molar-refractivity contribution is -0.109. The summed E-state index contributed by atoms with van der Waals surface area (Å²) in [5.41, 5.74) is 1.59. The molecule has 1 aliphatic heterocycles. The molecule has 1 aliphatic rings. The summed E-state index contributed by atoms with van der Waals surface area (Å²) >= 11 is 0. The Bertz CT molecular complexity index is 995. The molecule has 194 valence electrons. The minimum absolute atomic E-state index is 0.0108. The van der Waals surface area contributed by atoms with E-state index in [9.17, 15) is 13.2 Å². The number of nitrogens with zero attached hydrogens (tertiary/aromatic N) is 2. The van der Waals surface area contributed by atoms with Crippen molar-refractivity contribution in [2.75, 3.05) is 39.1 Å². The fraction of sp³-hybridized carbons (Fsp3) is 0.500. The minimum atomic E-state index is -3.62. The lowest BCUT2D eigenvalue weighted by atomic mass is 10.1. The highest BCUT2D eigenvalue weighted by atomic mass is 32.2. The summed E-state index contributed by atoms with van der Waals surface area (Å²) in [7, 11) is 0.853. The molecule has 2 heterocycles. The summed E-state index contributed by atoms with van der Waals surface area (Å²) in [6.07, 6.45) is 9.06. The summed E-state index contributed by atoms with van der Waals surface area (Å²) < 4.78 is 45.1. The van der Waals surface area contributed by atoms with Gasteiger partial charge in [0.2, 0.25) is 12.2 Å². The van der Waals surface area contributed by atoms with Gasteiger partial charge in [-0.1, -0.05) is 12.5 Å². The molecule has 2 aromatic rings. The van der Waals surface area contributed by atoms with Crippen molar-refractivity contribution < 1.29 is 27.4 Å². The van der Waals surface area contributed by atoms with Crippen LogP contribution < -0.4 is 24.2 Å². The highest BCUT2D eigenvalue weighted by molar-refractivity contribution is 7.90. The standard InChI is InChI=1S/C15H24N2O5S.C9H12N2O/c1-11-7-5-6-8-17(11)23(18,19)16-12-9-13(20-2)15(22-4)14(10-12)21-3;12-8-11-6-2-4-9-3-1-5-10-7-9/h9-11,16H,5-8H2,1-4H3;1,3,5,7-8H,2,4,6H2,(H,11,12). The fourth-order valence-electron chi connectivity index (χ4n) is 3.78. The van der Waals surface area contributed by atoms with Crippen molar-refractivity contribution in [3.05, 3.63) is 42.2 Å². The number of carbonyl (C=O) groups excluding carboxylic acids is 1. The van der Waals surface area contributed by atoms with Crippen LogP contribution in [0.25, 0.3) is 0 Å². The molecule has 1 saturated heterocycles. The van der Waals surface area contributed by atoms with Crippen molar-refractivity contribution in [1.29, 1.82) is 0 Å². The van der Waals surface area contributed by atoms with Crippen molar-refractivity contribution in [3.8, 4) is 17.2 Å². The van der Waals surface area contributed by atoms with Gasteiger partial charge in [0.1, 0.15) is 0 Å². The van der Waals surface area contributed by atoms with Crippen molar-refractivity contribution in [1.82, 2.24) is 14.6 Å². The van der Waals surface area contributed by atoms with Gasteiger partial charge in [0.15, 0.2) is 11.5 Å². The van der Waals surface area contributed by atoms with Gasteiger partial charge < -0.3 is 19.5 Å². The maximum absolute atomic E-state index is 12.6. The first-order chi connectivity index (χ1) is 16.9. The number of pyridine rings is 1. The molecule has 1 atom stereocenters. The number of benzene rings is 1. The highest BCUT2D eigenvalue weighted by Crippen LogP contribution is 2.40. The first-order valence-electron chi connectivity index (χ1n) is 11.5. The molecule has 0 saturated carbocycles. The van der Waals surface area contributed by atoms with E-state index in [0.29, 0.717) is 29.5 Å². The summed E-state index contributed by atoms with van der Waals surface area (Å²) in [6, 6.07) is 7.10. The Kier molecular flexibility index (Phi) is 11.6. The summed E-state index contributed by atoms with van der Waals surface area (Å²) in [4.78, 5) is 13.9. The lowest BCUT2D eigenvalue weighted by Gasteiger charge is -2.32. The van der Waals surface area contributed by atoms with Crippen LogP contribution in [0.5, 0.6) is 17.2 Å². The maximum atomic E-state index is 12.6. The van der Waals surface area contributed by atoms with Crippen molar-refractivity contribution in [2.45, 2.75) is 45.1 Å². The highest BCUT2D eigenvalue weighted by Gasteiger charge is 2.30. The van der Waals surface area contributed by atoms with Gasteiger partial charge >= 0.3 is 10.2 Å². The summed E-state index contributed by atoms with van der Waals surface area (Å²) in [6.45, 7) is 3.19. The Hall–Kier alpha value is -3.05. The van der Waals surface area contributed by atoms with Gasteiger partial charge in [0, 0.05) is 43.7 Å². The number of aryl methyl sites for hydroxylation is 1. The monoisotopic (exact) mass is 508 g/mol. The molecule has 10 nitrogen and oxygen atoms in total. The molecule has 1 amide bonds. The summed E-state index contributed by atoms with van der Waals surface area (Å²) in [5, 5.41) is 2.62. The third kappa shape index (κ3) is 8.59. The van der Waals surface area contributed by atoms with Gasteiger partial charge in [-0.2, -0.15) is 12.7 Å². The molecular weight excluding hydrogens is 472 g/mol. The molecule has 1 aromatic carbocycles. The Morgan fingerprint density at radius 1 is 1.14 bits per heavy atom. The smallest absolute Gasteiger partial charge is 0.301 e. The molecular formula is C24H36N4O6S. The van der Waals surface area contributed by atoms with Gasteiger partial charge in [-0.05, 0) is 44.2 Å². The van der Waals surface area contributed by atoms with Gasteiger partial charge in [-0.25, -0.2) is 0 Å². The van der Waals surface area contributed by atoms with Crippen LogP contribution in [0.15, 0.2) is 36.7 Å². The normalized spacial score (nSPS) is 15.8. The Balaban J connectivity index is 0.000000303. The Morgan fingerprint density at radius 3 is 2.40 bits per heavy atom. The van der Waals surface area contributed by atoms with E-state index >= 15 is 0 Å². The molecule has 0 radical (unpaired) electrons. The van der Waals surface area contributed by atoms with Crippen molar-refractivity contribution in [3.63, 3.8) is 0 Å². The second-order valence-corrected chi connectivity index (χ2v) is 9.64. The topological polar surface area (TPSA) is 119 Å². The van der Waals surface area contributed by atoms with Gasteiger partial charge in [-0.15, -0.1) is 0 Å². The fourth-order valence-corrected chi connectivity index (χ4v) is 5.26. The zero-order valence-corrected chi connectivity index (χ0v) is 21.6. The third-order valence-corrected chi connectivity index (χ3v) is 7.21. The number of methoxy groups -OCH3 is 3. The number of carbonyl (C=O) groups is 1. The number of amides is 1. The quantitative estimate of drug-likeness (QED) is 0.354. The first-order valence-corrected chi connectivity index (χ1v) is 13.0. The zero-order valence-electron chi connectivity index (χ0n) is 20.8. The number of aromatic nitrogens is 1. The maximum Gasteiger partial charge on any atom is 0.301 e. The number of rotatable bonds is 11. The third-order valence-electron chi connectivity index (χ3n) is 5.55. The van der Waals surface area contributed by atoms with E-state index in [2.05, 4.69) is 15.0 Å². The van der Waals surface area contributed by atoms with E-state index in [1.54, 1.807) is 18.3 Å². The molecule has 0 aliphatic carbocycles. The molecule has 35 heavy (non-hydrogen) atoms. The Morgan fingerprint density at radius 2 is 1.86 bits per heavy atom. The average Bonchev–Trinajstić information content (AvgIpc) is 2.87. The van der Waals surface area contributed by atoms with Gasteiger partial charge in [0.25, 0.3) is 0 Å². The molecule has 1 fully saturated rings. The van der Waals surface area contributed by atoms with Crippen LogP contribution in [-0.4, -0.2) is 64.6 Å². The number of hydrogen-bond donors (Lipinski definition) is 2. The van der Waals surface area contributed by atoms with Crippen LogP contribution in [0, 0.1) is 0 Å².